The number of carbonyl (C=O) groups excluding carboxylic acids is 1. The van der Waals surface area contributed by atoms with Gasteiger partial charge in [-0.15, -0.1) is 0 Å². The quantitative estimate of drug-likeness (QED) is 0.272. The van der Waals surface area contributed by atoms with E-state index in [9.17, 15) is 4.79 Å². The van der Waals surface area contributed by atoms with Crippen LogP contribution in [0.1, 0.15) is 27.0 Å². The van der Waals surface area contributed by atoms with Gasteiger partial charge in [-0.05, 0) is 0 Å². The number of benzene rings is 3. The maximum absolute atomic E-state index is 13.1. The summed E-state index contributed by atoms with van der Waals surface area (Å²) < 4.78 is 1.79. The van der Waals surface area contributed by atoms with Gasteiger partial charge in [0.15, 0.2) is 0 Å². The van der Waals surface area contributed by atoms with Crippen molar-refractivity contribution in [3.8, 4) is 0 Å². The molecule has 0 aromatic heterocycles. The van der Waals surface area contributed by atoms with Gasteiger partial charge < -0.3 is 0 Å². The topological polar surface area (TPSA) is 17.1 Å². The van der Waals surface area contributed by atoms with Gasteiger partial charge in [-0.2, -0.15) is 0 Å². The Labute approximate surface area is 165 Å². The predicted molar refractivity (Wildman–Crippen MR) is 117 cm³/mol. The molecule has 0 atom stereocenters. The van der Waals surface area contributed by atoms with Crippen LogP contribution in [-0.4, -0.2) is 19.5 Å². The number of Topliss-reactive ketones (excluding diaryl/α,β-unsaturated/α-hetero) is 1. The molecular weight excluding hydrogens is 556 g/mol. The third-order valence-corrected chi connectivity index (χ3v) is 16.7. The van der Waals surface area contributed by atoms with Gasteiger partial charge in [-0.1, -0.05) is 0 Å². The molecule has 0 aliphatic heterocycles. The molecule has 4 heteroatoms. The normalized spacial score (nSPS) is 12.4. The van der Waals surface area contributed by atoms with Crippen LogP contribution in [0.15, 0.2) is 54.6 Å². The first kappa shape index (κ1) is 19.1. The molecule has 0 amide bonds. The number of ketones is 1. The zero-order valence-electron chi connectivity index (χ0n) is 14.5. The molecule has 0 radical (unpaired) electrons. The maximum atomic E-state index is 13.1. The van der Waals surface area contributed by atoms with Crippen molar-refractivity contribution in [1.82, 2.24) is 0 Å². The molecule has 0 aliphatic rings. The molecule has 3 rings (SSSR count). The number of carbonyl (C=O) groups is 1. The Kier molecular flexibility index (Phi) is 5.75. The summed E-state index contributed by atoms with van der Waals surface area (Å²) in [6.45, 7) is 6.13. The van der Waals surface area contributed by atoms with Crippen molar-refractivity contribution < 1.29 is 4.79 Å². The molecule has 0 bridgehead atoms. The fraction of sp³-hybridized carbons (Fsp3) is 0.190. The van der Waals surface area contributed by atoms with Gasteiger partial charge >= 0.3 is 166 Å². The zero-order chi connectivity index (χ0) is 18.2. The number of aryl methyl sites for hydroxylation is 3. The number of hydrogen-bond acceptors (Lipinski definition) is 1. The molecule has 0 saturated heterocycles. The standard InChI is InChI=1S/C21H20Br2OTe/c1-14-11-15(2)21(16(3)12-14)19(24)13-25(22,23)20-10-6-8-17-7-4-5-9-18(17)20/h4-12H,13H2,1-3H3. The van der Waals surface area contributed by atoms with Gasteiger partial charge in [0.2, 0.25) is 0 Å². The van der Waals surface area contributed by atoms with Gasteiger partial charge in [0.1, 0.15) is 0 Å². The van der Waals surface area contributed by atoms with Crippen LogP contribution in [-0.2, 0) is 0 Å². The molecule has 0 saturated carbocycles. The summed E-state index contributed by atoms with van der Waals surface area (Å²) in [7, 11) is 0. The van der Waals surface area contributed by atoms with Crippen LogP contribution in [0.25, 0.3) is 10.8 Å². The number of hydrogen-bond donors (Lipinski definition) is 0. The van der Waals surface area contributed by atoms with E-state index in [0.717, 1.165) is 16.7 Å². The second kappa shape index (κ2) is 7.53. The molecule has 0 unspecified atom stereocenters. The second-order valence-electron chi connectivity index (χ2n) is 6.39. The molecule has 3 aromatic carbocycles. The zero-order valence-corrected chi connectivity index (χ0v) is 20.0. The molecule has 0 aliphatic carbocycles. The van der Waals surface area contributed by atoms with Crippen LogP contribution < -0.4 is 3.61 Å². The molecule has 0 spiro atoms. The van der Waals surface area contributed by atoms with Crippen LogP contribution in [0.5, 0.6) is 0 Å². The van der Waals surface area contributed by atoms with E-state index < -0.39 is 13.8 Å². The van der Waals surface area contributed by atoms with E-state index in [1.54, 1.807) is 0 Å². The van der Waals surface area contributed by atoms with Crippen LogP contribution in [0, 0.1) is 20.8 Å². The van der Waals surface area contributed by atoms with Crippen molar-refractivity contribution >= 4 is 59.4 Å². The molecule has 130 valence electrons. The van der Waals surface area contributed by atoms with E-state index in [2.05, 4.69) is 81.0 Å². The van der Waals surface area contributed by atoms with Crippen molar-refractivity contribution in [3.63, 3.8) is 0 Å². The Morgan fingerprint density at radius 2 is 1.52 bits per heavy atom. The molecule has 0 heterocycles. The molecule has 25 heavy (non-hydrogen) atoms. The Balaban J connectivity index is 2.00. The summed E-state index contributed by atoms with van der Waals surface area (Å²) in [5.41, 5.74) is 4.21. The average Bonchev–Trinajstić information content (AvgIpc) is 2.52. The molecule has 1 nitrogen and oxygen atoms in total. The fourth-order valence-electron chi connectivity index (χ4n) is 3.39. The van der Waals surface area contributed by atoms with E-state index in [1.807, 2.05) is 19.9 Å². The summed E-state index contributed by atoms with van der Waals surface area (Å²) in [6, 6.07) is 18.9. The van der Waals surface area contributed by atoms with Gasteiger partial charge in [-0.3, -0.25) is 0 Å². The van der Waals surface area contributed by atoms with Gasteiger partial charge in [-0.25, -0.2) is 0 Å². The predicted octanol–water partition coefficient (Wildman–Crippen LogP) is 6.09. The number of halogens is 2. The third kappa shape index (κ3) is 4.03. The summed E-state index contributed by atoms with van der Waals surface area (Å²) in [5.74, 6) is 0.220. The minimum absolute atomic E-state index is 0.220. The van der Waals surface area contributed by atoms with Crippen LogP contribution >= 0.6 is 25.5 Å². The Morgan fingerprint density at radius 1 is 0.920 bits per heavy atom. The van der Waals surface area contributed by atoms with Crippen LogP contribution in [0.2, 0.25) is 4.47 Å². The SMILES string of the molecule is Cc1cc(C)c(C(=O)C[Te](Br)(Br)c2cccc3ccccc23)c(C)c1. The first-order valence-corrected chi connectivity index (χ1v) is 21.3. The van der Waals surface area contributed by atoms with E-state index in [0.29, 0.717) is 4.47 Å². The summed E-state index contributed by atoms with van der Waals surface area (Å²) in [5, 5.41) is 2.44. The molecule has 0 fully saturated rings. The summed E-state index contributed by atoms with van der Waals surface area (Å²) >= 11 is 5.03. The van der Waals surface area contributed by atoms with Gasteiger partial charge in [0.25, 0.3) is 0 Å². The van der Waals surface area contributed by atoms with E-state index in [-0.39, 0.29) is 5.78 Å². The van der Waals surface area contributed by atoms with Crippen LogP contribution in [0.3, 0.4) is 0 Å². The van der Waals surface area contributed by atoms with Crippen molar-refractivity contribution in [3.05, 3.63) is 76.9 Å². The Bertz CT molecular complexity index is 935. The molecule has 3 aromatic rings. The van der Waals surface area contributed by atoms with E-state index in [4.69, 9.17) is 0 Å². The van der Waals surface area contributed by atoms with Crippen molar-refractivity contribution in [2.45, 2.75) is 25.2 Å². The van der Waals surface area contributed by atoms with E-state index >= 15 is 0 Å². The summed E-state index contributed by atoms with van der Waals surface area (Å²) in [6.07, 6.45) is 0. The second-order valence-corrected chi connectivity index (χ2v) is 32.4. The van der Waals surface area contributed by atoms with Crippen molar-refractivity contribution in [2.24, 2.45) is 0 Å². The average molecular weight is 576 g/mol. The van der Waals surface area contributed by atoms with Crippen molar-refractivity contribution in [1.29, 1.82) is 0 Å². The first-order valence-electron chi connectivity index (χ1n) is 8.09. The molecule has 0 N–H and O–H groups in total. The Morgan fingerprint density at radius 3 is 2.20 bits per heavy atom. The monoisotopic (exact) mass is 576 g/mol. The Hall–Kier alpha value is -0.660. The van der Waals surface area contributed by atoms with Gasteiger partial charge in [0, 0.05) is 0 Å². The fourth-order valence-corrected chi connectivity index (χ4v) is 14.0. The summed E-state index contributed by atoms with van der Waals surface area (Å²) in [4.78, 5) is 13.1. The van der Waals surface area contributed by atoms with Crippen molar-refractivity contribution in [2.75, 3.05) is 0 Å². The van der Waals surface area contributed by atoms with E-state index in [1.165, 1.54) is 19.9 Å². The minimum atomic E-state index is -2.89. The first-order chi connectivity index (χ1) is 11.8. The third-order valence-electron chi connectivity index (χ3n) is 4.34. The van der Waals surface area contributed by atoms with Gasteiger partial charge in [0.05, 0.1) is 0 Å². The van der Waals surface area contributed by atoms with Crippen LogP contribution in [0.4, 0.5) is 0 Å². The number of rotatable bonds is 4. The number of fused-ring (bicyclic) bond motifs is 1. The molecular formula is C21H20Br2OTe.